The van der Waals surface area contributed by atoms with Crippen molar-refractivity contribution in [1.29, 1.82) is 0 Å². The molecular formula is C21H20N4O4. The third-order valence-electron chi connectivity index (χ3n) is 4.82. The molecule has 2 heterocycles. The first kappa shape index (κ1) is 17.5. The van der Waals surface area contributed by atoms with Crippen LogP contribution in [0.2, 0.25) is 0 Å². The van der Waals surface area contributed by atoms with Crippen molar-refractivity contribution in [2.75, 3.05) is 18.7 Å². The van der Waals surface area contributed by atoms with Crippen molar-refractivity contribution >= 4 is 11.6 Å². The number of amides is 1. The predicted molar refractivity (Wildman–Crippen MR) is 105 cm³/mol. The van der Waals surface area contributed by atoms with E-state index in [9.17, 15) is 4.79 Å². The summed E-state index contributed by atoms with van der Waals surface area (Å²) in [5.41, 5.74) is 2.40. The lowest BCUT2D eigenvalue weighted by Crippen LogP contribution is -2.13. The molecule has 8 nitrogen and oxygen atoms in total. The van der Waals surface area contributed by atoms with Crippen LogP contribution < -0.4 is 19.5 Å². The second kappa shape index (κ2) is 7.12. The number of hydrogen-bond donors (Lipinski definition) is 1. The van der Waals surface area contributed by atoms with Gasteiger partial charge >= 0.3 is 6.01 Å². The maximum absolute atomic E-state index is 12.0. The highest BCUT2D eigenvalue weighted by atomic mass is 16.7. The largest absolute Gasteiger partial charge is 0.463 e. The van der Waals surface area contributed by atoms with Crippen LogP contribution >= 0.6 is 0 Å². The number of fused-ring (bicyclic) bond motifs is 1. The van der Waals surface area contributed by atoms with Crippen molar-refractivity contribution in [3.05, 3.63) is 42.5 Å². The van der Waals surface area contributed by atoms with Gasteiger partial charge in [0.05, 0.1) is 12.3 Å². The van der Waals surface area contributed by atoms with Gasteiger partial charge in [-0.1, -0.05) is 0 Å². The Balaban J connectivity index is 1.48. The highest BCUT2D eigenvalue weighted by molar-refractivity contribution is 5.94. The minimum Gasteiger partial charge on any atom is -0.463 e. The Morgan fingerprint density at radius 1 is 1.17 bits per heavy atom. The van der Waals surface area contributed by atoms with Crippen molar-refractivity contribution in [2.45, 2.75) is 19.8 Å². The molecule has 0 saturated heterocycles. The fourth-order valence-corrected chi connectivity index (χ4v) is 3.16. The number of benzene rings is 2. The normalized spacial score (nSPS) is 14.7. The highest BCUT2D eigenvalue weighted by Crippen LogP contribution is 2.36. The van der Waals surface area contributed by atoms with E-state index in [1.807, 2.05) is 49.4 Å². The molecule has 5 rings (SSSR count). The molecule has 1 aliphatic heterocycles. The molecule has 1 aromatic heterocycles. The van der Waals surface area contributed by atoms with Crippen LogP contribution in [0.15, 0.2) is 42.5 Å². The molecule has 0 bridgehead atoms. The summed E-state index contributed by atoms with van der Waals surface area (Å²) in [4.78, 5) is 16.5. The van der Waals surface area contributed by atoms with Gasteiger partial charge in [0.15, 0.2) is 17.3 Å². The van der Waals surface area contributed by atoms with Crippen LogP contribution in [0.5, 0.6) is 17.5 Å². The number of anilines is 1. The Bertz CT molecular complexity index is 1060. The Kier molecular flexibility index (Phi) is 4.31. The molecule has 3 aromatic rings. The zero-order chi connectivity index (χ0) is 19.8. The van der Waals surface area contributed by atoms with E-state index in [4.69, 9.17) is 14.2 Å². The molecule has 0 spiro atoms. The van der Waals surface area contributed by atoms with E-state index < -0.39 is 0 Å². The molecule has 1 aliphatic carbocycles. The zero-order valence-corrected chi connectivity index (χ0v) is 15.9. The van der Waals surface area contributed by atoms with E-state index in [0.29, 0.717) is 29.9 Å². The van der Waals surface area contributed by atoms with E-state index in [1.54, 1.807) is 4.68 Å². The summed E-state index contributed by atoms with van der Waals surface area (Å²) in [5.74, 6) is 2.25. The molecule has 0 unspecified atom stereocenters. The third kappa shape index (κ3) is 3.49. The van der Waals surface area contributed by atoms with Crippen molar-refractivity contribution in [1.82, 2.24) is 14.8 Å². The summed E-state index contributed by atoms with van der Waals surface area (Å²) in [6.07, 6.45) is 1.95. The standard InChI is InChI=1S/C21H20N4O4/c1-2-27-21-23-19(14-5-10-17-18(11-14)29-12-28-17)25(24-21)16-8-6-15(7-9-16)22-20(26)13-3-4-13/h5-11,13H,2-4,12H2,1H3,(H,22,26). The second-order valence-electron chi connectivity index (χ2n) is 6.94. The van der Waals surface area contributed by atoms with E-state index >= 15 is 0 Å². The van der Waals surface area contributed by atoms with Crippen molar-refractivity contribution in [3.8, 4) is 34.6 Å². The van der Waals surface area contributed by atoms with Crippen molar-refractivity contribution in [3.63, 3.8) is 0 Å². The monoisotopic (exact) mass is 392 g/mol. The molecule has 8 heteroatoms. The molecular weight excluding hydrogens is 372 g/mol. The number of ether oxygens (including phenoxy) is 3. The van der Waals surface area contributed by atoms with Crippen LogP contribution in [-0.4, -0.2) is 34.1 Å². The Hall–Kier alpha value is -3.55. The van der Waals surface area contributed by atoms with Crippen LogP contribution in [0.3, 0.4) is 0 Å². The van der Waals surface area contributed by atoms with Crippen molar-refractivity contribution in [2.24, 2.45) is 5.92 Å². The van der Waals surface area contributed by atoms with Gasteiger partial charge in [0.1, 0.15) is 0 Å². The fraction of sp³-hybridized carbons (Fsp3) is 0.286. The lowest BCUT2D eigenvalue weighted by molar-refractivity contribution is -0.117. The maximum atomic E-state index is 12.0. The lowest BCUT2D eigenvalue weighted by atomic mass is 10.2. The van der Waals surface area contributed by atoms with Gasteiger partial charge in [0.2, 0.25) is 12.7 Å². The molecule has 0 atom stereocenters. The first-order valence-corrected chi connectivity index (χ1v) is 9.62. The van der Waals surface area contributed by atoms with Gasteiger partial charge < -0.3 is 19.5 Å². The number of aromatic nitrogens is 3. The molecule has 29 heavy (non-hydrogen) atoms. The molecule has 1 saturated carbocycles. The van der Waals surface area contributed by atoms with Crippen LogP contribution in [0.4, 0.5) is 5.69 Å². The smallest absolute Gasteiger partial charge is 0.336 e. The van der Waals surface area contributed by atoms with Gasteiger partial charge in [-0.2, -0.15) is 4.98 Å². The van der Waals surface area contributed by atoms with E-state index in [0.717, 1.165) is 29.8 Å². The third-order valence-corrected chi connectivity index (χ3v) is 4.82. The van der Waals surface area contributed by atoms with Crippen molar-refractivity contribution < 1.29 is 19.0 Å². The summed E-state index contributed by atoms with van der Waals surface area (Å²) >= 11 is 0. The van der Waals surface area contributed by atoms with E-state index in [2.05, 4.69) is 15.4 Å². The lowest BCUT2D eigenvalue weighted by Gasteiger charge is -2.08. The Morgan fingerprint density at radius 3 is 2.72 bits per heavy atom. The van der Waals surface area contributed by atoms with Gasteiger partial charge in [-0.05, 0) is 62.2 Å². The summed E-state index contributed by atoms with van der Waals surface area (Å²) < 4.78 is 18.1. The van der Waals surface area contributed by atoms with Gasteiger partial charge in [-0.15, -0.1) is 5.10 Å². The Morgan fingerprint density at radius 2 is 1.97 bits per heavy atom. The molecule has 1 amide bonds. The number of nitrogens with one attached hydrogen (secondary N) is 1. The maximum Gasteiger partial charge on any atom is 0.336 e. The fourth-order valence-electron chi connectivity index (χ4n) is 3.16. The number of rotatable bonds is 6. The first-order chi connectivity index (χ1) is 14.2. The van der Waals surface area contributed by atoms with E-state index in [-0.39, 0.29) is 18.6 Å². The van der Waals surface area contributed by atoms with Gasteiger partial charge in [-0.3, -0.25) is 4.79 Å². The SMILES string of the molecule is CCOc1nc(-c2ccc3c(c2)OCO3)n(-c2ccc(NC(=O)C3CC3)cc2)n1. The zero-order valence-electron chi connectivity index (χ0n) is 15.9. The number of carbonyl (C=O) groups excluding carboxylic acids is 1. The summed E-state index contributed by atoms with van der Waals surface area (Å²) in [6, 6.07) is 13.4. The van der Waals surface area contributed by atoms with Gasteiger partial charge in [0.25, 0.3) is 0 Å². The molecule has 148 valence electrons. The van der Waals surface area contributed by atoms with Crippen LogP contribution in [0.1, 0.15) is 19.8 Å². The van der Waals surface area contributed by atoms with E-state index in [1.165, 1.54) is 0 Å². The van der Waals surface area contributed by atoms with Gasteiger partial charge in [0, 0.05) is 17.2 Å². The Labute approximate surface area is 167 Å². The number of hydrogen-bond acceptors (Lipinski definition) is 6. The predicted octanol–water partition coefficient (Wildman–Crippen LogP) is 3.41. The highest BCUT2D eigenvalue weighted by Gasteiger charge is 2.29. The summed E-state index contributed by atoms with van der Waals surface area (Å²) in [7, 11) is 0. The summed E-state index contributed by atoms with van der Waals surface area (Å²) in [5, 5.41) is 7.44. The van der Waals surface area contributed by atoms with Gasteiger partial charge in [-0.25, -0.2) is 4.68 Å². The minimum absolute atomic E-state index is 0.0817. The minimum atomic E-state index is 0.0817. The second-order valence-corrected chi connectivity index (χ2v) is 6.94. The average Bonchev–Trinajstić information content (AvgIpc) is 3.34. The molecule has 1 N–H and O–H groups in total. The quantitative estimate of drug-likeness (QED) is 0.692. The average molecular weight is 392 g/mol. The number of nitrogens with zero attached hydrogens (tertiary/aromatic N) is 3. The van der Waals surface area contributed by atoms with Crippen LogP contribution in [0, 0.1) is 5.92 Å². The first-order valence-electron chi connectivity index (χ1n) is 9.62. The van der Waals surface area contributed by atoms with Crippen LogP contribution in [0.25, 0.3) is 17.1 Å². The topological polar surface area (TPSA) is 87.5 Å². The molecule has 1 fully saturated rings. The molecule has 0 radical (unpaired) electrons. The molecule has 2 aliphatic rings. The summed E-state index contributed by atoms with van der Waals surface area (Å²) in [6.45, 7) is 2.57. The number of carbonyl (C=O) groups is 1. The molecule has 2 aromatic carbocycles. The van der Waals surface area contributed by atoms with Crippen LogP contribution in [-0.2, 0) is 4.79 Å².